The van der Waals surface area contributed by atoms with Crippen LogP contribution in [0, 0.1) is 0 Å². The zero-order chi connectivity index (χ0) is 19.2. The van der Waals surface area contributed by atoms with Gasteiger partial charge in [-0.1, -0.05) is 24.3 Å². The second kappa shape index (κ2) is 15.4. The van der Waals surface area contributed by atoms with Gasteiger partial charge >= 0.3 is 0 Å². The zero-order valence-corrected chi connectivity index (χ0v) is 19.1. The first-order valence-corrected chi connectivity index (χ1v) is 9.60. The second-order valence-corrected chi connectivity index (χ2v) is 6.01. The maximum atomic E-state index is 5.59. The van der Waals surface area contributed by atoms with Crippen molar-refractivity contribution in [3.63, 3.8) is 0 Å². The number of hydrogen-bond donors (Lipinski definition) is 2. The van der Waals surface area contributed by atoms with Gasteiger partial charge in [0.2, 0.25) is 0 Å². The van der Waals surface area contributed by atoms with E-state index in [0.29, 0.717) is 33.0 Å². The molecule has 0 amide bonds. The lowest BCUT2D eigenvalue weighted by molar-refractivity contribution is 0.105. The predicted molar refractivity (Wildman–Crippen MR) is 123 cm³/mol. The molecule has 0 atom stereocenters. The minimum absolute atomic E-state index is 0. The normalized spacial score (nSPS) is 11.1. The Morgan fingerprint density at radius 3 is 2.54 bits per heavy atom. The molecule has 28 heavy (non-hydrogen) atoms. The summed E-state index contributed by atoms with van der Waals surface area (Å²) in [6.07, 6.45) is 2.55. The summed E-state index contributed by atoms with van der Waals surface area (Å²) in [7, 11) is 0. The van der Waals surface area contributed by atoms with E-state index in [1.54, 1.807) is 6.26 Å². The third-order valence-corrected chi connectivity index (χ3v) is 3.91. The summed E-state index contributed by atoms with van der Waals surface area (Å²) in [4.78, 5) is 4.69. The zero-order valence-electron chi connectivity index (χ0n) is 16.8. The monoisotopic (exact) mass is 501 g/mol. The number of hydrogen-bond acceptors (Lipinski definition) is 4. The van der Waals surface area contributed by atoms with Crippen molar-refractivity contribution in [3.05, 3.63) is 59.5 Å². The third kappa shape index (κ3) is 9.57. The molecule has 7 heteroatoms. The Hall–Kier alpha value is -1.58. The van der Waals surface area contributed by atoms with E-state index in [2.05, 4.69) is 29.7 Å². The summed E-state index contributed by atoms with van der Waals surface area (Å²) in [5.74, 6) is 1.67. The Morgan fingerprint density at radius 1 is 1.00 bits per heavy atom. The Kier molecular flexibility index (Phi) is 13.4. The number of furan rings is 1. The van der Waals surface area contributed by atoms with E-state index in [4.69, 9.17) is 18.9 Å². The average Bonchev–Trinajstić information content (AvgIpc) is 3.21. The standard InChI is InChI=1S/C21H31N3O3.HI/c1-3-22-21(23-12-8-13-26-17-20-11-7-14-27-20)24-15-18-9-5-6-10-19(18)16-25-4-2;/h5-7,9-11,14H,3-4,8,12-13,15-17H2,1-2H3,(H2,22,23,24);1H. The van der Waals surface area contributed by atoms with Crippen molar-refractivity contribution in [2.75, 3.05) is 26.3 Å². The van der Waals surface area contributed by atoms with Crippen LogP contribution in [-0.4, -0.2) is 32.3 Å². The van der Waals surface area contributed by atoms with Crippen molar-refractivity contribution in [3.8, 4) is 0 Å². The molecule has 1 aromatic carbocycles. The van der Waals surface area contributed by atoms with Gasteiger partial charge in [0.25, 0.3) is 0 Å². The lowest BCUT2D eigenvalue weighted by Gasteiger charge is -2.12. The van der Waals surface area contributed by atoms with Crippen molar-refractivity contribution in [1.82, 2.24) is 10.6 Å². The van der Waals surface area contributed by atoms with Crippen LogP contribution in [-0.2, 0) is 29.2 Å². The molecule has 2 N–H and O–H groups in total. The molecule has 6 nitrogen and oxygen atoms in total. The molecule has 2 aromatic rings. The van der Waals surface area contributed by atoms with E-state index >= 15 is 0 Å². The van der Waals surface area contributed by atoms with Gasteiger partial charge in [0.1, 0.15) is 12.4 Å². The van der Waals surface area contributed by atoms with Gasteiger partial charge in [0.15, 0.2) is 5.96 Å². The lowest BCUT2D eigenvalue weighted by Crippen LogP contribution is -2.38. The molecule has 0 bridgehead atoms. The fraction of sp³-hybridized carbons (Fsp3) is 0.476. The Labute approximate surface area is 185 Å². The molecule has 156 valence electrons. The predicted octanol–water partition coefficient (Wildman–Crippen LogP) is 4.10. The van der Waals surface area contributed by atoms with Gasteiger partial charge in [-0.05, 0) is 43.5 Å². The van der Waals surface area contributed by atoms with Crippen molar-refractivity contribution in [2.45, 2.75) is 40.0 Å². The molecule has 2 rings (SSSR count). The second-order valence-electron chi connectivity index (χ2n) is 6.01. The number of ether oxygens (including phenoxy) is 2. The Balaban J connectivity index is 0.00000392. The summed E-state index contributed by atoms with van der Waals surface area (Å²) in [5, 5.41) is 6.63. The van der Waals surface area contributed by atoms with Gasteiger partial charge < -0.3 is 24.5 Å². The van der Waals surface area contributed by atoms with Gasteiger partial charge in [-0.3, -0.25) is 0 Å². The quantitative estimate of drug-likeness (QED) is 0.199. The minimum atomic E-state index is 0. The fourth-order valence-corrected chi connectivity index (χ4v) is 2.52. The van der Waals surface area contributed by atoms with E-state index in [0.717, 1.165) is 31.2 Å². The van der Waals surface area contributed by atoms with Crippen molar-refractivity contribution in [1.29, 1.82) is 0 Å². The molecule has 0 fully saturated rings. The van der Waals surface area contributed by atoms with Crippen molar-refractivity contribution < 1.29 is 13.9 Å². The minimum Gasteiger partial charge on any atom is -0.467 e. The number of guanidine groups is 1. The van der Waals surface area contributed by atoms with E-state index in [-0.39, 0.29) is 24.0 Å². The first-order chi connectivity index (χ1) is 13.3. The molecular formula is C21H32IN3O3. The molecule has 0 unspecified atom stereocenters. The van der Waals surface area contributed by atoms with E-state index < -0.39 is 0 Å². The summed E-state index contributed by atoms with van der Waals surface area (Å²) < 4.78 is 16.4. The number of rotatable bonds is 12. The number of aliphatic imine (C=N–C) groups is 1. The van der Waals surface area contributed by atoms with Gasteiger partial charge in [0.05, 0.1) is 19.4 Å². The molecule has 0 aliphatic heterocycles. The van der Waals surface area contributed by atoms with Crippen molar-refractivity contribution >= 4 is 29.9 Å². The summed E-state index contributed by atoms with van der Waals surface area (Å²) >= 11 is 0. The number of benzene rings is 1. The Bertz CT molecular complexity index is 663. The Morgan fingerprint density at radius 2 is 1.82 bits per heavy atom. The molecule has 0 spiro atoms. The highest BCUT2D eigenvalue weighted by Crippen LogP contribution is 2.11. The average molecular weight is 501 g/mol. The van der Waals surface area contributed by atoms with E-state index in [9.17, 15) is 0 Å². The topological polar surface area (TPSA) is 68.0 Å². The van der Waals surface area contributed by atoms with Crippen LogP contribution in [0.4, 0.5) is 0 Å². The third-order valence-electron chi connectivity index (χ3n) is 3.91. The highest BCUT2D eigenvalue weighted by Gasteiger charge is 2.03. The fourth-order valence-electron chi connectivity index (χ4n) is 2.52. The smallest absolute Gasteiger partial charge is 0.191 e. The highest BCUT2D eigenvalue weighted by molar-refractivity contribution is 14.0. The van der Waals surface area contributed by atoms with Crippen LogP contribution in [0.1, 0.15) is 37.2 Å². The number of nitrogens with one attached hydrogen (secondary N) is 2. The number of halogens is 1. The molecule has 1 aromatic heterocycles. The largest absolute Gasteiger partial charge is 0.467 e. The van der Waals surface area contributed by atoms with E-state index in [1.807, 2.05) is 31.2 Å². The maximum absolute atomic E-state index is 5.59. The van der Waals surface area contributed by atoms with Crippen LogP contribution >= 0.6 is 24.0 Å². The summed E-state index contributed by atoms with van der Waals surface area (Å²) in [5.41, 5.74) is 2.37. The molecule has 0 radical (unpaired) electrons. The first-order valence-electron chi connectivity index (χ1n) is 9.60. The lowest BCUT2D eigenvalue weighted by atomic mass is 10.1. The van der Waals surface area contributed by atoms with Gasteiger partial charge in [-0.15, -0.1) is 24.0 Å². The number of nitrogens with zero attached hydrogens (tertiary/aromatic N) is 1. The molecule has 1 heterocycles. The van der Waals surface area contributed by atoms with Crippen LogP contribution in [0.5, 0.6) is 0 Å². The molecule has 0 aliphatic rings. The molecular weight excluding hydrogens is 469 g/mol. The van der Waals surface area contributed by atoms with Crippen LogP contribution < -0.4 is 10.6 Å². The molecule has 0 saturated heterocycles. The van der Waals surface area contributed by atoms with E-state index in [1.165, 1.54) is 11.1 Å². The van der Waals surface area contributed by atoms with Crippen LogP contribution in [0.25, 0.3) is 0 Å². The van der Waals surface area contributed by atoms with Crippen LogP contribution in [0.3, 0.4) is 0 Å². The summed E-state index contributed by atoms with van der Waals surface area (Å²) in [6.45, 7) is 8.82. The van der Waals surface area contributed by atoms with Crippen LogP contribution in [0.2, 0.25) is 0 Å². The summed E-state index contributed by atoms with van der Waals surface area (Å²) in [6, 6.07) is 12.1. The first kappa shape index (κ1) is 24.5. The molecule has 0 saturated carbocycles. The maximum Gasteiger partial charge on any atom is 0.191 e. The van der Waals surface area contributed by atoms with Crippen molar-refractivity contribution in [2.24, 2.45) is 4.99 Å². The van der Waals surface area contributed by atoms with Gasteiger partial charge in [0, 0.05) is 26.3 Å². The van der Waals surface area contributed by atoms with Crippen LogP contribution in [0.15, 0.2) is 52.1 Å². The molecule has 0 aliphatic carbocycles. The SMILES string of the molecule is CCNC(=NCc1ccccc1COCC)NCCCOCc1ccco1.I. The highest BCUT2D eigenvalue weighted by atomic mass is 127. The van der Waals surface area contributed by atoms with Gasteiger partial charge in [-0.25, -0.2) is 4.99 Å². The van der Waals surface area contributed by atoms with Gasteiger partial charge in [-0.2, -0.15) is 0 Å².